The SMILES string of the molecule is CC(=O)/C=C(/C)[O-].CC(=O)/C=C(/C)[O-].C[CH-]C.C[CH-]C.[Ti+4]. The Labute approximate surface area is 145 Å². The summed E-state index contributed by atoms with van der Waals surface area (Å²) in [6, 6.07) is 0. The van der Waals surface area contributed by atoms with Crippen LogP contribution in [0.3, 0.4) is 0 Å². The second-order valence-electron chi connectivity index (χ2n) is 3.89. The largest absolute Gasteiger partial charge is 4.00 e. The molecule has 0 aliphatic heterocycles. The van der Waals surface area contributed by atoms with E-state index in [9.17, 15) is 19.8 Å². The van der Waals surface area contributed by atoms with E-state index >= 15 is 0 Å². The van der Waals surface area contributed by atoms with Gasteiger partial charge in [0.2, 0.25) is 0 Å². The van der Waals surface area contributed by atoms with Crippen molar-refractivity contribution in [2.24, 2.45) is 0 Å². The Bertz CT molecular complexity index is 257. The minimum Gasteiger partial charge on any atom is -0.876 e. The van der Waals surface area contributed by atoms with Crippen molar-refractivity contribution < 1.29 is 41.5 Å². The Hall–Kier alpha value is -0.866. The first-order chi connectivity index (χ1) is 9.08. The van der Waals surface area contributed by atoms with E-state index < -0.39 is 0 Å². The van der Waals surface area contributed by atoms with Gasteiger partial charge in [-0.2, -0.15) is 27.7 Å². The summed E-state index contributed by atoms with van der Waals surface area (Å²) in [7, 11) is 0. The fourth-order valence-corrected chi connectivity index (χ4v) is 0.572. The maximum atomic E-state index is 9.98. The van der Waals surface area contributed by atoms with Crippen molar-refractivity contribution in [3.8, 4) is 0 Å². The average Bonchev–Trinajstić information content (AvgIpc) is 2.15. The summed E-state index contributed by atoms with van der Waals surface area (Å²) in [5.74, 6) is -0.750. The molecule has 5 heteroatoms. The van der Waals surface area contributed by atoms with Crippen LogP contribution < -0.4 is 10.2 Å². The number of hydrogen-bond acceptors (Lipinski definition) is 4. The van der Waals surface area contributed by atoms with Crippen molar-refractivity contribution in [1.29, 1.82) is 0 Å². The molecule has 0 aromatic heterocycles. The van der Waals surface area contributed by atoms with Gasteiger partial charge in [0.25, 0.3) is 0 Å². The molecule has 0 saturated carbocycles. The molecule has 0 aliphatic carbocycles. The Morgan fingerprint density at radius 2 is 0.857 bits per heavy atom. The molecule has 0 fully saturated rings. The summed E-state index contributed by atoms with van der Waals surface area (Å²) < 4.78 is 0. The monoisotopic (exact) mass is 332 g/mol. The van der Waals surface area contributed by atoms with Crippen LogP contribution in [-0.4, -0.2) is 11.6 Å². The Kier molecular flexibility index (Phi) is 42.1. The standard InChI is InChI=1S/2C5H8O2.2C3H7.Ti/c2*1-4(6)3-5(2)7;2*1-3-2;/h2*3,6H,1-2H3;2*3H,1-2H3;/q;;2*-1;+4/p-2/b2*4-3-;;;. The maximum Gasteiger partial charge on any atom is 4.00 e. The van der Waals surface area contributed by atoms with E-state index in [1.807, 2.05) is 40.5 Å². The van der Waals surface area contributed by atoms with Crippen molar-refractivity contribution in [1.82, 2.24) is 0 Å². The van der Waals surface area contributed by atoms with Gasteiger partial charge in [0, 0.05) is 0 Å². The molecular formula is C16H28O4Ti. The van der Waals surface area contributed by atoms with Crippen molar-refractivity contribution >= 4 is 11.6 Å². The fraction of sp³-hybridized carbons (Fsp3) is 0.500. The molecule has 21 heavy (non-hydrogen) atoms. The molecule has 0 amide bonds. The zero-order valence-electron chi connectivity index (χ0n) is 14.4. The van der Waals surface area contributed by atoms with Gasteiger partial charge in [0.05, 0.1) is 0 Å². The van der Waals surface area contributed by atoms with E-state index in [1.165, 1.54) is 27.7 Å². The molecule has 0 spiro atoms. The van der Waals surface area contributed by atoms with Crippen LogP contribution in [0.25, 0.3) is 0 Å². The summed E-state index contributed by atoms with van der Waals surface area (Å²) in [4.78, 5) is 20.0. The van der Waals surface area contributed by atoms with Crippen LogP contribution in [0.1, 0.15) is 55.4 Å². The van der Waals surface area contributed by atoms with Crippen LogP contribution in [0.2, 0.25) is 0 Å². The number of ketones is 2. The molecule has 0 N–H and O–H groups in total. The summed E-state index contributed by atoms with van der Waals surface area (Å²) >= 11 is 0. The Morgan fingerprint density at radius 3 is 0.857 bits per heavy atom. The Balaban J connectivity index is -0.0000000576. The zero-order chi connectivity index (χ0) is 17.1. The summed E-state index contributed by atoms with van der Waals surface area (Å²) in [5.41, 5.74) is 0. The van der Waals surface area contributed by atoms with Gasteiger partial charge in [-0.1, -0.05) is 13.8 Å². The van der Waals surface area contributed by atoms with Gasteiger partial charge in [-0.05, 0) is 26.0 Å². The molecule has 0 unspecified atom stereocenters. The third-order valence-electron chi connectivity index (χ3n) is 0.813. The molecule has 120 valence electrons. The van der Waals surface area contributed by atoms with Crippen molar-refractivity contribution in [3.05, 3.63) is 36.5 Å². The molecule has 0 aromatic rings. The number of carbonyl (C=O) groups excluding carboxylic acids is 2. The number of rotatable bonds is 2. The van der Waals surface area contributed by atoms with Crippen LogP contribution in [0.4, 0.5) is 0 Å². The fourth-order valence-electron chi connectivity index (χ4n) is 0.572. The topological polar surface area (TPSA) is 80.3 Å². The summed E-state index contributed by atoms with van der Waals surface area (Å²) in [6.07, 6.45) is 6.11. The first kappa shape index (κ1) is 32.2. The van der Waals surface area contributed by atoms with Crippen LogP contribution in [-0.2, 0) is 31.3 Å². The predicted molar refractivity (Wildman–Crippen MR) is 80.2 cm³/mol. The predicted octanol–water partition coefficient (Wildman–Crippen LogP) is 2.14. The number of allylic oxidation sites excluding steroid dienone is 4. The molecular weight excluding hydrogens is 304 g/mol. The van der Waals surface area contributed by atoms with Gasteiger partial charge < -0.3 is 23.1 Å². The third-order valence-corrected chi connectivity index (χ3v) is 0.813. The average molecular weight is 332 g/mol. The normalized spacial score (nSPS) is 9.33. The van der Waals surface area contributed by atoms with E-state index in [1.54, 1.807) is 0 Å². The van der Waals surface area contributed by atoms with E-state index in [2.05, 4.69) is 0 Å². The van der Waals surface area contributed by atoms with E-state index in [0.717, 1.165) is 12.2 Å². The molecule has 0 rings (SSSR count). The smallest absolute Gasteiger partial charge is 0.876 e. The number of carbonyl (C=O) groups is 2. The first-order valence-electron chi connectivity index (χ1n) is 6.28. The third kappa shape index (κ3) is 110. The molecule has 0 saturated heterocycles. The molecule has 0 radical (unpaired) electrons. The summed E-state index contributed by atoms with van der Waals surface area (Å²) in [6.45, 7) is 13.4. The maximum absolute atomic E-state index is 9.98. The Morgan fingerprint density at radius 1 is 0.714 bits per heavy atom. The molecule has 0 aliphatic rings. The molecule has 0 aromatic carbocycles. The van der Waals surface area contributed by atoms with Crippen molar-refractivity contribution in [2.45, 2.75) is 55.4 Å². The second-order valence-corrected chi connectivity index (χ2v) is 3.89. The van der Waals surface area contributed by atoms with E-state index in [4.69, 9.17) is 0 Å². The van der Waals surface area contributed by atoms with Gasteiger partial charge in [-0.25, -0.2) is 0 Å². The van der Waals surface area contributed by atoms with Gasteiger partial charge in [-0.15, -0.1) is 11.5 Å². The van der Waals surface area contributed by atoms with Gasteiger partial charge in [0.1, 0.15) is 0 Å². The summed E-state index contributed by atoms with van der Waals surface area (Å²) in [5, 5.41) is 20.0. The van der Waals surface area contributed by atoms with Crippen molar-refractivity contribution in [3.63, 3.8) is 0 Å². The van der Waals surface area contributed by atoms with E-state index in [-0.39, 0.29) is 44.8 Å². The zero-order valence-corrected chi connectivity index (χ0v) is 16.0. The van der Waals surface area contributed by atoms with Crippen LogP contribution in [0, 0.1) is 12.8 Å². The molecule has 4 nitrogen and oxygen atoms in total. The van der Waals surface area contributed by atoms with Crippen molar-refractivity contribution in [2.75, 3.05) is 0 Å². The van der Waals surface area contributed by atoms with Crippen LogP contribution in [0.5, 0.6) is 0 Å². The minimum absolute atomic E-state index is 0. The quantitative estimate of drug-likeness (QED) is 0.336. The molecule has 0 heterocycles. The van der Waals surface area contributed by atoms with E-state index in [0.29, 0.717) is 0 Å². The van der Waals surface area contributed by atoms with Crippen LogP contribution >= 0.6 is 0 Å². The molecule has 0 bridgehead atoms. The molecule has 0 atom stereocenters. The van der Waals surface area contributed by atoms with Gasteiger partial charge in [-0.3, -0.25) is 9.59 Å². The van der Waals surface area contributed by atoms with Gasteiger partial charge in [0.15, 0.2) is 11.6 Å². The number of hydrogen-bond donors (Lipinski definition) is 0. The first-order valence-corrected chi connectivity index (χ1v) is 6.28. The second kappa shape index (κ2) is 27.5. The minimum atomic E-state index is -0.187. The van der Waals surface area contributed by atoms with Gasteiger partial charge >= 0.3 is 21.7 Å². The van der Waals surface area contributed by atoms with Crippen LogP contribution in [0.15, 0.2) is 23.7 Å².